The third-order valence-electron chi connectivity index (χ3n) is 6.52. The Kier molecular flexibility index (Phi) is 7.69. The molecule has 0 radical (unpaired) electrons. The Labute approximate surface area is 213 Å². The van der Waals surface area contributed by atoms with Gasteiger partial charge in [-0.2, -0.15) is 0 Å². The molecule has 172 valence electrons. The normalized spacial score (nSPS) is 21.5. The molecule has 1 aliphatic rings. The van der Waals surface area contributed by atoms with Gasteiger partial charge < -0.3 is 10.4 Å². The predicted octanol–water partition coefficient (Wildman–Crippen LogP) is 7.15. The number of ketones is 1. The van der Waals surface area contributed by atoms with E-state index in [1.54, 1.807) is 24.3 Å². The largest absolute Gasteiger partial charge is 0.388 e. The SMILES string of the molecule is O=C(c1ccc(Cl)c(Cl)c1)C1CNCCC1(CC(O)c1ccccc1)c1ccc(Cl)c(Cl)c1. The van der Waals surface area contributed by atoms with Gasteiger partial charge in [0.15, 0.2) is 5.78 Å². The first-order valence-corrected chi connectivity index (χ1v) is 12.2. The van der Waals surface area contributed by atoms with E-state index in [4.69, 9.17) is 46.4 Å². The number of aliphatic hydroxyl groups is 1. The summed E-state index contributed by atoms with van der Waals surface area (Å²) in [6.45, 7) is 1.16. The van der Waals surface area contributed by atoms with Crippen molar-refractivity contribution in [1.82, 2.24) is 5.32 Å². The minimum Gasteiger partial charge on any atom is -0.388 e. The summed E-state index contributed by atoms with van der Waals surface area (Å²) in [5, 5.41) is 16.2. The average molecular weight is 523 g/mol. The molecule has 0 aliphatic carbocycles. The van der Waals surface area contributed by atoms with Gasteiger partial charge >= 0.3 is 0 Å². The molecule has 0 spiro atoms. The second-order valence-electron chi connectivity index (χ2n) is 8.42. The number of hydrogen-bond donors (Lipinski definition) is 2. The van der Waals surface area contributed by atoms with Crippen molar-refractivity contribution in [2.75, 3.05) is 13.1 Å². The Morgan fingerprint density at radius 3 is 2.27 bits per heavy atom. The summed E-state index contributed by atoms with van der Waals surface area (Å²) in [6.07, 6.45) is 0.240. The van der Waals surface area contributed by atoms with Crippen molar-refractivity contribution in [3.8, 4) is 0 Å². The van der Waals surface area contributed by atoms with Gasteiger partial charge in [-0.1, -0.05) is 82.8 Å². The smallest absolute Gasteiger partial charge is 0.168 e. The fourth-order valence-electron chi connectivity index (χ4n) is 4.77. The number of carbonyl (C=O) groups excluding carboxylic acids is 1. The molecule has 0 bridgehead atoms. The maximum Gasteiger partial charge on any atom is 0.168 e. The zero-order valence-electron chi connectivity index (χ0n) is 17.7. The molecule has 3 atom stereocenters. The molecular weight excluding hydrogens is 500 g/mol. The second-order valence-corrected chi connectivity index (χ2v) is 10.0. The van der Waals surface area contributed by atoms with Crippen LogP contribution in [-0.4, -0.2) is 24.0 Å². The number of rotatable bonds is 6. The lowest BCUT2D eigenvalue weighted by molar-refractivity contribution is 0.0628. The Morgan fingerprint density at radius 2 is 1.61 bits per heavy atom. The number of nitrogens with one attached hydrogen (secondary N) is 1. The zero-order valence-corrected chi connectivity index (χ0v) is 20.7. The monoisotopic (exact) mass is 521 g/mol. The van der Waals surface area contributed by atoms with E-state index in [-0.39, 0.29) is 5.78 Å². The number of Topliss-reactive ketones (excluding diaryl/α,β-unsaturated/α-hetero) is 1. The van der Waals surface area contributed by atoms with Crippen LogP contribution in [0, 0.1) is 5.92 Å². The van der Waals surface area contributed by atoms with Crippen molar-refractivity contribution in [3.05, 3.63) is 104 Å². The van der Waals surface area contributed by atoms with Gasteiger partial charge in [-0.3, -0.25) is 4.79 Å². The molecule has 2 N–H and O–H groups in total. The molecule has 0 aromatic heterocycles. The van der Waals surface area contributed by atoms with Crippen LogP contribution in [0.3, 0.4) is 0 Å². The minimum absolute atomic E-state index is 0.0629. The Morgan fingerprint density at radius 1 is 0.939 bits per heavy atom. The van der Waals surface area contributed by atoms with Crippen molar-refractivity contribution in [2.24, 2.45) is 5.92 Å². The van der Waals surface area contributed by atoms with E-state index in [1.807, 2.05) is 42.5 Å². The van der Waals surface area contributed by atoms with E-state index < -0.39 is 17.4 Å². The van der Waals surface area contributed by atoms with Gasteiger partial charge in [0, 0.05) is 23.4 Å². The average Bonchev–Trinajstić information content (AvgIpc) is 2.83. The van der Waals surface area contributed by atoms with Crippen LogP contribution in [0.5, 0.6) is 0 Å². The lowest BCUT2D eigenvalue weighted by Crippen LogP contribution is -2.52. The third-order valence-corrected chi connectivity index (χ3v) is 8.00. The van der Waals surface area contributed by atoms with Crippen LogP contribution in [0.1, 0.15) is 40.4 Å². The van der Waals surface area contributed by atoms with Crippen molar-refractivity contribution in [3.63, 3.8) is 0 Å². The summed E-state index contributed by atoms with van der Waals surface area (Å²) in [4.78, 5) is 13.8. The highest BCUT2D eigenvalue weighted by Gasteiger charge is 2.47. The maximum absolute atomic E-state index is 13.8. The summed E-state index contributed by atoms with van der Waals surface area (Å²) in [5.74, 6) is -0.522. The molecule has 4 rings (SSSR count). The fraction of sp³-hybridized carbons (Fsp3) is 0.269. The van der Waals surface area contributed by atoms with E-state index in [2.05, 4.69) is 5.32 Å². The van der Waals surface area contributed by atoms with E-state index in [0.717, 1.165) is 11.1 Å². The number of benzene rings is 3. The first-order chi connectivity index (χ1) is 15.8. The topological polar surface area (TPSA) is 49.3 Å². The fourth-order valence-corrected chi connectivity index (χ4v) is 5.37. The zero-order chi connectivity index (χ0) is 23.6. The molecule has 3 nitrogen and oxygen atoms in total. The van der Waals surface area contributed by atoms with E-state index in [9.17, 15) is 9.90 Å². The lowest BCUT2D eigenvalue weighted by atomic mass is 9.61. The van der Waals surface area contributed by atoms with E-state index in [1.165, 1.54) is 0 Å². The quantitative estimate of drug-likeness (QED) is 0.338. The Bertz CT molecular complexity index is 1150. The third kappa shape index (κ3) is 5.09. The van der Waals surface area contributed by atoms with Crippen molar-refractivity contribution in [2.45, 2.75) is 24.4 Å². The van der Waals surface area contributed by atoms with Crippen molar-refractivity contribution in [1.29, 1.82) is 0 Å². The molecule has 1 aliphatic heterocycles. The molecule has 1 fully saturated rings. The summed E-state index contributed by atoms with van der Waals surface area (Å²) in [6, 6.07) is 19.9. The molecule has 33 heavy (non-hydrogen) atoms. The molecular formula is C26H23Cl4NO2. The van der Waals surface area contributed by atoms with Crippen LogP contribution in [0.4, 0.5) is 0 Å². The van der Waals surface area contributed by atoms with Crippen LogP contribution in [0.25, 0.3) is 0 Å². The van der Waals surface area contributed by atoms with Gasteiger partial charge in [0.05, 0.1) is 26.2 Å². The molecule has 0 saturated carbocycles. The standard InChI is InChI=1S/C26H23Cl4NO2/c27-20-8-6-17(12-22(20)29)25(33)19-15-31-11-10-26(19,18-7-9-21(28)23(30)13-18)14-24(32)16-4-2-1-3-5-16/h1-9,12-13,19,24,31-32H,10-11,14-15H2. The number of aliphatic hydroxyl groups excluding tert-OH is 1. The Balaban J connectivity index is 1.81. The highest BCUT2D eigenvalue weighted by atomic mass is 35.5. The number of carbonyl (C=O) groups is 1. The van der Waals surface area contributed by atoms with Crippen LogP contribution < -0.4 is 5.32 Å². The molecule has 1 heterocycles. The molecule has 0 amide bonds. The van der Waals surface area contributed by atoms with E-state index in [0.29, 0.717) is 51.6 Å². The van der Waals surface area contributed by atoms with Gasteiger partial charge in [-0.15, -0.1) is 0 Å². The highest BCUT2D eigenvalue weighted by Crippen LogP contribution is 2.47. The lowest BCUT2D eigenvalue weighted by Gasteiger charge is -2.45. The van der Waals surface area contributed by atoms with Crippen molar-refractivity contribution < 1.29 is 9.90 Å². The molecule has 7 heteroatoms. The van der Waals surface area contributed by atoms with Gasteiger partial charge in [-0.25, -0.2) is 0 Å². The summed E-state index contributed by atoms with van der Waals surface area (Å²) >= 11 is 24.9. The van der Waals surface area contributed by atoms with Gasteiger partial charge in [-0.05, 0) is 60.8 Å². The molecule has 3 aromatic carbocycles. The van der Waals surface area contributed by atoms with Crippen LogP contribution in [-0.2, 0) is 5.41 Å². The molecule has 3 unspecified atom stereocenters. The summed E-state index contributed by atoms with van der Waals surface area (Å²) in [7, 11) is 0. The summed E-state index contributed by atoms with van der Waals surface area (Å²) in [5.41, 5.74) is 1.50. The van der Waals surface area contributed by atoms with Crippen LogP contribution in [0.2, 0.25) is 20.1 Å². The predicted molar refractivity (Wildman–Crippen MR) is 136 cm³/mol. The number of piperidine rings is 1. The Hall–Kier alpha value is -1.59. The van der Waals surface area contributed by atoms with Gasteiger partial charge in [0.1, 0.15) is 0 Å². The van der Waals surface area contributed by atoms with Gasteiger partial charge in [0.25, 0.3) is 0 Å². The maximum atomic E-state index is 13.8. The number of hydrogen-bond acceptors (Lipinski definition) is 3. The van der Waals surface area contributed by atoms with Crippen molar-refractivity contribution >= 4 is 52.2 Å². The number of halogens is 4. The van der Waals surface area contributed by atoms with Crippen LogP contribution >= 0.6 is 46.4 Å². The first-order valence-electron chi connectivity index (χ1n) is 10.7. The second kappa shape index (κ2) is 10.4. The highest BCUT2D eigenvalue weighted by molar-refractivity contribution is 6.42. The van der Waals surface area contributed by atoms with E-state index >= 15 is 0 Å². The summed E-state index contributed by atoms with van der Waals surface area (Å²) < 4.78 is 0. The minimum atomic E-state index is -0.761. The van der Waals surface area contributed by atoms with Crippen LogP contribution in [0.15, 0.2) is 66.7 Å². The molecule has 1 saturated heterocycles. The van der Waals surface area contributed by atoms with Gasteiger partial charge in [0.2, 0.25) is 0 Å². The molecule has 3 aromatic rings. The first kappa shape index (κ1) is 24.5.